The van der Waals surface area contributed by atoms with E-state index < -0.39 is 0 Å². The molecule has 1 aliphatic rings. The number of carbonyl (C=O) groups excluding carboxylic acids is 1. The molecule has 0 spiro atoms. The van der Waals surface area contributed by atoms with Crippen LogP contribution in [0, 0.1) is 13.8 Å². The van der Waals surface area contributed by atoms with Gasteiger partial charge in [-0.15, -0.1) is 11.8 Å². The maximum absolute atomic E-state index is 13.2. The standard InChI is InChI=1S/C24H24N2O2S/c1-17-22(18(2)28-25-17)16-29-23-11-7-6-10-21(23)24(27)26-14-12-20(13-15-26)19-8-4-3-5-9-19/h3-12H,13-16H2,1-2H3. The molecule has 148 valence electrons. The van der Waals surface area contributed by atoms with Gasteiger partial charge in [-0.2, -0.15) is 0 Å². The first-order chi connectivity index (χ1) is 14.1. The minimum absolute atomic E-state index is 0.0928. The zero-order chi connectivity index (χ0) is 20.2. The summed E-state index contributed by atoms with van der Waals surface area (Å²) in [5.41, 5.74) is 5.34. The molecule has 5 heteroatoms. The minimum Gasteiger partial charge on any atom is -0.361 e. The lowest BCUT2D eigenvalue weighted by Crippen LogP contribution is -2.34. The van der Waals surface area contributed by atoms with Crippen LogP contribution in [0.15, 0.2) is 70.1 Å². The van der Waals surface area contributed by atoms with Gasteiger partial charge in [-0.1, -0.05) is 53.7 Å². The summed E-state index contributed by atoms with van der Waals surface area (Å²) >= 11 is 1.66. The van der Waals surface area contributed by atoms with E-state index in [1.54, 1.807) is 11.8 Å². The van der Waals surface area contributed by atoms with E-state index in [1.165, 1.54) is 11.1 Å². The van der Waals surface area contributed by atoms with Gasteiger partial charge in [-0.25, -0.2) is 0 Å². The number of amides is 1. The van der Waals surface area contributed by atoms with Crippen LogP contribution in [0.4, 0.5) is 0 Å². The van der Waals surface area contributed by atoms with Gasteiger partial charge in [0.2, 0.25) is 0 Å². The van der Waals surface area contributed by atoms with Crippen molar-refractivity contribution in [1.29, 1.82) is 0 Å². The summed E-state index contributed by atoms with van der Waals surface area (Å²) in [6.45, 7) is 5.26. The Labute approximate surface area is 175 Å². The molecule has 29 heavy (non-hydrogen) atoms. The number of hydrogen-bond acceptors (Lipinski definition) is 4. The Balaban J connectivity index is 1.48. The number of thioether (sulfide) groups is 1. The Morgan fingerprint density at radius 3 is 2.55 bits per heavy atom. The molecule has 4 nitrogen and oxygen atoms in total. The molecule has 2 heterocycles. The molecule has 0 N–H and O–H groups in total. The van der Waals surface area contributed by atoms with Gasteiger partial charge in [0.25, 0.3) is 5.91 Å². The molecule has 1 amide bonds. The van der Waals surface area contributed by atoms with Crippen molar-refractivity contribution in [3.8, 4) is 0 Å². The zero-order valence-electron chi connectivity index (χ0n) is 16.7. The summed E-state index contributed by atoms with van der Waals surface area (Å²) in [7, 11) is 0. The van der Waals surface area contributed by atoms with Gasteiger partial charge in [0.1, 0.15) is 5.76 Å². The van der Waals surface area contributed by atoms with Crippen LogP contribution in [-0.2, 0) is 5.75 Å². The third-order valence-electron chi connectivity index (χ3n) is 5.31. The molecule has 0 fully saturated rings. The van der Waals surface area contributed by atoms with Gasteiger partial charge < -0.3 is 9.42 Å². The molecule has 0 aliphatic carbocycles. The van der Waals surface area contributed by atoms with Crippen LogP contribution in [0.3, 0.4) is 0 Å². The number of nitrogens with zero attached hydrogens (tertiary/aromatic N) is 2. The molecule has 3 aromatic rings. The lowest BCUT2D eigenvalue weighted by atomic mass is 9.99. The first kappa shape index (κ1) is 19.5. The van der Waals surface area contributed by atoms with Gasteiger partial charge in [0.05, 0.1) is 11.3 Å². The third kappa shape index (κ3) is 4.30. The highest BCUT2D eigenvalue weighted by Gasteiger charge is 2.22. The molecule has 0 bridgehead atoms. The quantitative estimate of drug-likeness (QED) is 0.526. The number of hydrogen-bond donors (Lipinski definition) is 0. The SMILES string of the molecule is Cc1noc(C)c1CSc1ccccc1C(=O)N1CC=C(c2ccccc2)CC1. The zero-order valence-corrected chi connectivity index (χ0v) is 17.5. The van der Waals surface area contributed by atoms with Crippen LogP contribution in [0.5, 0.6) is 0 Å². The molecule has 0 radical (unpaired) electrons. The Hall–Kier alpha value is -2.79. The molecular formula is C24H24N2O2S. The van der Waals surface area contributed by atoms with E-state index in [2.05, 4.69) is 35.5 Å². The molecule has 0 saturated heterocycles. The van der Waals surface area contributed by atoms with Gasteiger partial charge in [-0.3, -0.25) is 4.79 Å². The predicted molar refractivity (Wildman–Crippen MR) is 117 cm³/mol. The van der Waals surface area contributed by atoms with Crippen molar-refractivity contribution in [2.24, 2.45) is 0 Å². The number of rotatable bonds is 5. The van der Waals surface area contributed by atoms with Gasteiger partial charge in [0.15, 0.2) is 0 Å². The highest BCUT2D eigenvalue weighted by Crippen LogP contribution is 2.30. The molecule has 1 aromatic heterocycles. The van der Waals surface area contributed by atoms with Crippen molar-refractivity contribution < 1.29 is 9.32 Å². The summed E-state index contributed by atoms with van der Waals surface area (Å²) in [5, 5.41) is 4.02. The summed E-state index contributed by atoms with van der Waals surface area (Å²) in [5.74, 6) is 1.67. The van der Waals surface area contributed by atoms with Crippen LogP contribution >= 0.6 is 11.8 Å². The van der Waals surface area contributed by atoms with Gasteiger partial charge >= 0.3 is 0 Å². The van der Waals surface area contributed by atoms with Crippen molar-refractivity contribution >= 4 is 23.2 Å². The van der Waals surface area contributed by atoms with Crippen LogP contribution in [-0.4, -0.2) is 29.1 Å². The maximum atomic E-state index is 13.2. The van der Waals surface area contributed by atoms with E-state index in [4.69, 9.17) is 4.52 Å². The summed E-state index contributed by atoms with van der Waals surface area (Å²) < 4.78 is 5.26. The van der Waals surface area contributed by atoms with Gasteiger partial charge in [0, 0.05) is 29.3 Å². The number of aryl methyl sites for hydroxylation is 2. The molecular weight excluding hydrogens is 380 g/mol. The van der Waals surface area contributed by atoms with E-state index in [-0.39, 0.29) is 5.91 Å². The summed E-state index contributed by atoms with van der Waals surface area (Å²) in [6, 6.07) is 18.3. The molecule has 0 atom stereocenters. The normalized spacial score (nSPS) is 14.0. The lowest BCUT2D eigenvalue weighted by molar-refractivity contribution is 0.0769. The molecule has 0 unspecified atom stereocenters. The monoisotopic (exact) mass is 404 g/mol. The van der Waals surface area contributed by atoms with Crippen molar-refractivity contribution in [3.63, 3.8) is 0 Å². The van der Waals surface area contributed by atoms with Crippen LogP contribution in [0.2, 0.25) is 0 Å². The lowest BCUT2D eigenvalue weighted by Gasteiger charge is -2.27. The number of benzene rings is 2. The van der Waals surface area contributed by atoms with Gasteiger partial charge in [-0.05, 0) is 43.5 Å². The largest absolute Gasteiger partial charge is 0.361 e. The second kappa shape index (κ2) is 8.70. The Kier molecular flexibility index (Phi) is 5.86. The second-order valence-electron chi connectivity index (χ2n) is 7.18. The summed E-state index contributed by atoms with van der Waals surface area (Å²) in [6.07, 6.45) is 3.06. The van der Waals surface area contributed by atoms with Crippen molar-refractivity contribution in [2.75, 3.05) is 13.1 Å². The fourth-order valence-corrected chi connectivity index (χ4v) is 4.76. The first-order valence-corrected chi connectivity index (χ1v) is 10.8. The maximum Gasteiger partial charge on any atom is 0.255 e. The molecule has 0 saturated carbocycles. The van der Waals surface area contributed by atoms with Crippen LogP contribution in [0.25, 0.3) is 5.57 Å². The topological polar surface area (TPSA) is 46.3 Å². The fourth-order valence-electron chi connectivity index (χ4n) is 3.57. The van der Waals surface area contributed by atoms with Crippen molar-refractivity contribution in [3.05, 3.63) is 88.8 Å². The predicted octanol–water partition coefficient (Wildman–Crippen LogP) is 5.51. The second-order valence-corrected chi connectivity index (χ2v) is 8.20. The highest BCUT2D eigenvalue weighted by atomic mass is 32.2. The fraction of sp³-hybridized carbons (Fsp3) is 0.250. The molecule has 1 aliphatic heterocycles. The third-order valence-corrected chi connectivity index (χ3v) is 6.41. The Bertz CT molecular complexity index is 1020. The molecule has 2 aromatic carbocycles. The average Bonchev–Trinajstić information content (AvgIpc) is 3.10. The van der Waals surface area contributed by atoms with Crippen LogP contribution < -0.4 is 0 Å². The number of aromatic nitrogens is 1. The average molecular weight is 405 g/mol. The van der Waals surface area contributed by atoms with E-state index in [1.807, 2.05) is 49.1 Å². The van der Waals surface area contributed by atoms with E-state index in [9.17, 15) is 4.79 Å². The van der Waals surface area contributed by atoms with Crippen molar-refractivity contribution in [1.82, 2.24) is 10.1 Å². The first-order valence-electron chi connectivity index (χ1n) is 9.81. The van der Waals surface area contributed by atoms with Crippen LogP contribution in [0.1, 0.15) is 39.4 Å². The van der Waals surface area contributed by atoms with E-state index >= 15 is 0 Å². The minimum atomic E-state index is 0.0928. The van der Waals surface area contributed by atoms with E-state index in [0.717, 1.165) is 46.2 Å². The Morgan fingerprint density at radius 1 is 1.10 bits per heavy atom. The number of carbonyl (C=O) groups is 1. The molecule has 4 rings (SSSR count). The Morgan fingerprint density at radius 2 is 1.86 bits per heavy atom. The smallest absolute Gasteiger partial charge is 0.255 e. The summed E-state index contributed by atoms with van der Waals surface area (Å²) in [4.78, 5) is 16.1. The van der Waals surface area contributed by atoms with E-state index in [0.29, 0.717) is 6.54 Å². The highest BCUT2D eigenvalue weighted by molar-refractivity contribution is 7.98. The van der Waals surface area contributed by atoms with Crippen molar-refractivity contribution in [2.45, 2.75) is 30.9 Å².